The fourth-order valence-corrected chi connectivity index (χ4v) is 4.59. The first-order valence-electron chi connectivity index (χ1n) is 10.8. The summed E-state index contributed by atoms with van der Waals surface area (Å²) in [6, 6.07) is 13.1. The molecule has 1 aromatic heterocycles. The molecule has 1 saturated carbocycles. The molecule has 2 heterocycles. The van der Waals surface area contributed by atoms with E-state index in [4.69, 9.17) is 11.6 Å². The van der Waals surface area contributed by atoms with Crippen molar-refractivity contribution in [2.45, 2.75) is 32.1 Å². The summed E-state index contributed by atoms with van der Waals surface area (Å²) in [4.78, 5) is 27.4. The topological polar surface area (TPSA) is 104 Å². The minimum absolute atomic E-state index is 0.0253. The van der Waals surface area contributed by atoms with E-state index < -0.39 is 0 Å². The Morgan fingerprint density at radius 2 is 2.06 bits per heavy atom. The second-order valence-electron chi connectivity index (χ2n) is 8.35. The van der Waals surface area contributed by atoms with Crippen molar-refractivity contribution in [3.8, 4) is 11.4 Å². The predicted octanol–water partition coefficient (Wildman–Crippen LogP) is 4.03. The lowest BCUT2D eigenvalue weighted by molar-refractivity contribution is -0.120. The zero-order chi connectivity index (χ0) is 22.2. The summed E-state index contributed by atoms with van der Waals surface area (Å²) in [7, 11) is 0. The highest BCUT2D eigenvalue weighted by Crippen LogP contribution is 2.48. The number of hydrogen-bond donors (Lipinski definition) is 2. The summed E-state index contributed by atoms with van der Waals surface area (Å²) in [5.74, 6) is 0.711. The van der Waals surface area contributed by atoms with Gasteiger partial charge in [0.2, 0.25) is 11.8 Å². The van der Waals surface area contributed by atoms with Gasteiger partial charge >= 0.3 is 0 Å². The first-order valence-corrected chi connectivity index (χ1v) is 11.2. The van der Waals surface area contributed by atoms with Gasteiger partial charge in [0, 0.05) is 34.7 Å². The molecule has 1 aliphatic heterocycles. The van der Waals surface area contributed by atoms with E-state index in [-0.39, 0.29) is 29.6 Å². The first kappa shape index (κ1) is 20.6. The highest BCUT2D eigenvalue weighted by Gasteiger charge is 2.44. The number of rotatable bonds is 6. The number of aromatic nitrogens is 4. The van der Waals surface area contributed by atoms with Crippen LogP contribution in [0.4, 0.5) is 11.4 Å². The van der Waals surface area contributed by atoms with Crippen LogP contribution in [0.1, 0.15) is 37.7 Å². The van der Waals surface area contributed by atoms with Crippen LogP contribution in [0.15, 0.2) is 42.5 Å². The molecule has 2 aromatic carbocycles. The molecule has 2 N–H and O–H groups in total. The van der Waals surface area contributed by atoms with E-state index in [1.54, 1.807) is 4.90 Å². The van der Waals surface area contributed by atoms with Crippen molar-refractivity contribution in [1.82, 2.24) is 20.6 Å². The molecule has 0 spiro atoms. The third-order valence-corrected chi connectivity index (χ3v) is 6.64. The summed E-state index contributed by atoms with van der Waals surface area (Å²) in [6.07, 6.45) is 2.46. The Hall–Kier alpha value is -3.26. The number of nitrogens with one attached hydrogen (secondary N) is 2. The molecule has 5 rings (SSSR count). The number of aromatic amines is 1. The van der Waals surface area contributed by atoms with Gasteiger partial charge in [0.05, 0.1) is 5.69 Å². The van der Waals surface area contributed by atoms with E-state index in [1.165, 1.54) is 0 Å². The Kier molecular flexibility index (Phi) is 5.38. The number of carbonyl (C=O) groups is 2. The average Bonchev–Trinajstić information content (AvgIpc) is 3.23. The van der Waals surface area contributed by atoms with Crippen molar-refractivity contribution >= 4 is 34.8 Å². The number of benzene rings is 2. The molecule has 1 saturated heterocycles. The molecule has 8 nitrogen and oxygen atoms in total. The highest BCUT2D eigenvalue weighted by molar-refractivity contribution is 6.30. The maximum atomic E-state index is 12.8. The van der Waals surface area contributed by atoms with Crippen molar-refractivity contribution in [3.63, 3.8) is 0 Å². The maximum Gasteiger partial charge on any atom is 0.230 e. The van der Waals surface area contributed by atoms with Crippen LogP contribution >= 0.6 is 11.6 Å². The summed E-state index contributed by atoms with van der Waals surface area (Å²) in [5.41, 5.74) is 3.19. The largest absolute Gasteiger partial charge is 0.326 e. The van der Waals surface area contributed by atoms with Crippen LogP contribution in [-0.2, 0) is 9.59 Å². The van der Waals surface area contributed by atoms with Crippen LogP contribution in [-0.4, -0.2) is 39.0 Å². The summed E-state index contributed by atoms with van der Waals surface area (Å²) < 4.78 is 0. The molecule has 32 heavy (non-hydrogen) atoms. The highest BCUT2D eigenvalue weighted by atomic mass is 35.5. The van der Waals surface area contributed by atoms with Gasteiger partial charge in [-0.1, -0.05) is 30.7 Å². The SMILES string of the molecule is CCC1CCN(c2ccc(NC(=O)C3CC3c3ccc(Cl)cc3)cc2-c2nnn[nH]2)C1=O. The van der Waals surface area contributed by atoms with Gasteiger partial charge in [0.25, 0.3) is 0 Å². The van der Waals surface area contributed by atoms with Crippen molar-refractivity contribution in [1.29, 1.82) is 0 Å². The van der Waals surface area contributed by atoms with Gasteiger partial charge in [-0.25, -0.2) is 5.10 Å². The smallest absolute Gasteiger partial charge is 0.230 e. The molecule has 3 unspecified atom stereocenters. The molecule has 0 radical (unpaired) electrons. The third-order valence-electron chi connectivity index (χ3n) is 6.39. The molecule has 1 aliphatic carbocycles. The molecular formula is C23H23ClN6O2. The van der Waals surface area contributed by atoms with Gasteiger partial charge < -0.3 is 10.2 Å². The number of nitrogens with zero attached hydrogens (tertiary/aromatic N) is 4. The van der Waals surface area contributed by atoms with Crippen LogP contribution in [0.3, 0.4) is 0 Å². The molecule has 164 valence electrons. The van der Waals surface area contributed by atoms with E-state index in [0.717, 1.165) is 30.5 Å². The fraction of sp³-hybridized carbons (Fsp3) is 0.348. The monoisotopic (exact) mass is 450 g/mol. The summed E-state index contributed by atoms with van der Waals surface area (Å²) in [6.45, 7) is 2.68. The van der Waals surface area contributed by atoms with Crippen LogP contribution in [0.2, 0.25) is 5.02 Å². The van der Waals surface area contributed by atoms with E-state index in [2.05, 4.69) is 25.9 Å². The quantitative estimate of drug-likeness (QED) is 0.590. The standard InChI is InChI=1S/C23H23ClN6O2/c1-2-13-9-10-30(23(13)32)20-8-7-16(11-19(20)21-26-28-29-27-21)25-22(31)18-12-17(18)14-3-5-15(24)6-4-14/h3-8,11,13,17-18H,2,9-10,12H2,1H3,(H,25,31)(H,26,27,28,29). The Labute approximate surface area is 190 Å². The Balaban J connectivity index is 1.36. The second kappa shape index (κ2) is 8.35. The molecule has 3 atom stereocenters. The van der Waals surface area contributed by atoms with Gasteiger partial charge in [-0.3, -0.25) is 9.59 Å². The normalized spacial score (nSPS) is 22.2. The molecule has 0 bridgehead atoms. The van der Waals surface area contributed by atoms with Crippen LogP contribution in [0, 0.1) is 11.8 Å². The molecule has 3 aromatic rings. The van der Waals surface area contributed by atoms with E-state index in [0.29, 0.717) is 28.6 Å². The van der Waals surface area contributed by atoms with E-state index in [9.17, 15) is 9.59 Å². The van der Waals surface area contributed by atoms with Gasteiger partial charge in [-0.05, 0) is 71.5 Å². The van der Waals surface area contributed by atoms with Crippen molar-refractivity contribution in [2.24, 2.45) is 11.8 Å². The van der Waals surface area contributed by atoms with Gasteiger partial charge in [0.15, 0.2) is 5.82 Å². The Morgan fingerprint density at radius 1 is 1.25 bits per heavy atom. The fourth-order valence-electron chi connectivity index (χ4n) is 4.47. The molecule has 2 aliphatic rings. The van der Waals surface area contributed by atoms with Gasteiger partial charge in [-0.2, -0.15) is 0 Å². The third kappa shape index (κ3) is 3.86. The number of H-pyrrole nitrogens is 1. The Bertz CT molecular complexity index is 1150. The number of amides is 2. The van der Waals surface area contributed by atoms with Gasteiger partial charge in [0.1, 0.15) is 0 Å². The minimum Gasteiger partial charge on any atom is -0.326 e. The zero-order valence-corrected chi connectivity index (χ0v) is 18.3. The number of tetrazole rings is 1. The number of anilines is 2. The number of carbonyl (C=O) groups excluding carboxylic acids is 2. The first-order chi connectivity index (χ1) is 15.5. The minimum atomic E-state index is -0.0725. The molecule has 2 fully saturated rings. The predicted molar refractivity (Wildman–Crippen MR) is 121 cm³/mol. The zero-order valence-electron chi connectivity index (χ0n) is 17.6. The molecule has 9 heteroatoms. The lowest BCUT2D eigenvalue weighted by Crippen LogP contribution is -2.27. The number of hydrogen-bond acceptors (Lipinski definition) is 5. The van der Waals surface area contributed by atoms with Gasteiger partial charge in [-0.15, -0.1) is 5.10 Å². The summed E-state index contributed by atoms with van der Waals surface area (Å²) >= 11 is 5.96. The van der Waals surface area contributed by atoms with Crippen LogP contribution < -0.4 is 10.2 Å². The van der Waals surface area contributed by atoms with Crippen LogP contribution in [0.5, 0.6) is 0 Å². The average molecular weight is 451 g/mol. The lowest BCUT2D eigenvalue weighted by atomic mass is 10.1. The number of halogens is 1. The van der Waals surface area contributed by atoms with E-state index >= 15 is 0 Å². The molecule has 2 amide bonds. The molecular weight excluding hydrogens is 428 g/mol. The second-order valence-corrected chi connectivity index (χ2v) is 8.79. The van der Waals surface area contributed by atoms with Crippen molar-refractivity contribution in [3.05, 3.63) is 53.1 Å². The lowest BCUT2D eigenvalue weighted by Gasteiger charge is -2.20. The van der Waals surface area contributed by atoms with Crippen molar-refractivity contribution < 1.29 is 9.59 Å². The van der Waals surface area contributed by atoms with E-state index in [1.807, 2.05) is 49.4 Å². The van der Waals surface area contributed by atoms with Crippen molar-refractivity contribution in [2.75, 3.05) is 16.8 Å². The van der Waals surface area contributed by atoms with Crippen LogP contribution in [0.25, 0.3) is 11.4 Å². The Morgan fingerprint density at radius 3 is 2.75 bits per heavy atom. The maximum absolute atomic E-state index is 12.8. The summed E-state index contributed by atoms with van der Waals surface area (Å²) in [5, 5.41) is 17.9.